The van der Waals surface area contributed by atoms with E-state index in [0.29, 0.717) is 72.1 Å². The molecule has 9 aromatic rings. The predicted molar refractivity (Wildman–Crippen MR) is 521 cm³/mol. The summed E-state index contributed by atoms with van der Waals surface area (Å²) in [5, 5.41) is 5.27. The standard InChI is InChI=1S/C28H48.C22H18.C17H20.C16H18.C10H18O4.C10H14.C8H14O2.C5H12/c1-19(2)8-7-9-21(4)24-12-13-25-23-11-10-22-18-20(3)14-16-27(22,5)26(23)15-17-28(24,25)6;1-15-11-13-17-7-3-5-9-19(17)21(15)22-16(2)12-14-18-8-4-6-10-20(18)22;1-13-4-8-16(9-5-13)12-15(3)17-10-6-14(2)7-11-17;1-13(15-9-5-3-6-10-15)14(2)16-11-7-4-8-12-16;1-3-7-9-10(14-5-11-7)8(4-2)12-6-13-9;1-3-9(2)10-7-5-4-6-8-10;1-5-3-9-8-6(2)4-10-7(5)8;1-4-5(2)3/h10,19-21,23-26H,7-9,11-18H2,1-6H3;3-14H,1-2H3;4-11,15H,12H2,1-3H3;3-14H,1-2H3;7-10H,3-6H2,1-2H3;4-9H,3H2,1-2H3;5-8H,3-4H2,1-2H3;5H,4H2,1-3H3/t20-,21+,23-,24+,25-,26-,27-,28+;;;;;;;/m0......./s1. The lowest BCUT2D eigenvalue weighted by Crippen LogP contribution is -2.56. The molecule has 17 rings (SSSR count). The number of hydrogen-bond donors (Lipinski definition) is 0. The van der Waals surface area contributed by atoms with Crippen LogP contribution in [-0.4, -0.2) is 63.4 Å². The summed E-state index contributed by atoms with van der Waals surface area (Å²) in [7, 11) is 0. The fraction of sp³-hybridized carbons (Fsp3) is 0.552. The lowest BCUT2D eigenvalue weighted by molar-refractivity contribution is -0.322. The molecule has 6 nitrogen and oxygen atoms in total. The van der Waals surface area contributed by atoms with E-state index in [2.05, 4.69) is 371 Å². The van der Waals surface area contributed by atoms with Gasteiger partial charge in [0.1, 0.15) is 25.8 Å². The van der Waals surface area contributed by atoms with Gasteiger partial charge in [-0.25, -0.2) is 0 Å². The first-order valence-corrected chi connectivity index (χ1v) is 48.3. The van der Waals surface area contributed by atoms with Gasteiger partial charge in [-0.15, -0.1) is 0 Å². The number of benzene rings is 9. The van der Waals surface area contributed by atoms with Crippen LogP contribution in [0.1, 0.15) is 295 Å². The van der Waals surface area contributed by atoms with E-state index >= 15 is 0 Å². The van der Waals surface area contributed by atoms with Crippen LogP contribution in [0.4, 0.5) is 0 Å². The molecule has 0 amide bonds. The summed E-state index contributed by atoms with van der Waals surface area (Å²) in [5.41, 5.74) is 18.2. The van der Waals surface area contributed by atoms with Crippen molar-refractivity contribution in [3.63, 3.8) is 0 Å². The maximum absolute atomic E-state index is 5.58. The Labute approximate surface area is 742 Å². The molecule has 0 aromatic heterocycles. The second kappa shape index (κ2) is 47.5. The molecule has 4 saturated heterocycles. The van der Waals surface area contributed by atoms with Gasteiger partial charge in [-0.1, -0.05) is 385 Å². The molecule has 4 heterocycles. The van der Waals surface area contributed by atoms with E-state index in [4.69, 9.17) is 28.4 Å². The molecule has 12 unspecified atom stereocenters. The Balaban J connectivity index is 0.000000152. The Hall–Kier alpha value is -7.00. The molecule has 4 aliphatic heterocycles. The summed E-state index contributed by atoms with van der Waals surface area (Å²) in [4.78, 5) is 0. The van der Waals surface area contributed by atoms with Crippen molar-refractivity contribution in [3.8, 4) is 11.1 Å². The molecule has 4 aliphatic carbocycles. The fourth-order valence-corrected chi connectivity index (χ4v) is 21.5. The zero-order valence-electron chi connectivity index (χ0n) is 79.9. The van der Waals surface area contributed by atoms with Gasteiger partial charge in [0.05, 0.1) is 37.6 Å². The largest absolute Gasteiger partial charge is 0.375 e. The Morgan fingerprint density at radius 2 is 0.869 bits per heavy atom. The van der Waals surface area contributed by atoms with Crippen LogP contribution in [0.3, 0.4) is 0 Å². The van der Waals surface area contributed by atoms with E-state index in [0.717, 1.165) is 79.8 Å². The Bertz CT molecular complexity index is 4370. The van der Waals surface area contributed by atoms with Crippen molar-refractivity contribution in [1.29, 1.82) is 0 Å². The van der Waals surface area contributed by atoms with E-state index in [1.54, 1.807) is 0 Å². The molecular formula is C116H162O6. The molecule has 662 valence electrons. The normalized spacial score (nSPS) is 27.1. The molecule has 0 bridgehead atoms. The molecule has 0 spiro atoms. The van der Waals surface area contributed by atoms with Crippen LogP contribution >= 0.6 is 0 Å². The fourth-order valence-electron chi connectivity index (χ4n) is 21.5. The molecule has 0 radical (unpaired) electrons. The van der Waals surface area contributed by atoms with Crippen molar-refractivity contribution in [2.75, 3.05) is 26.8 Å². The van der Waals surface area contributed by atoms with Crippen LogP contribution in [0, 0.1) is 97.7 Å². The summed E-state index contributed by atoms with van der Waals surface area (Å²) in [6.07, 6.45) is 25.7. The molecule has 9 aromatic carbocycles. The van der Waals surface area contributed by atoms with Gasteiger partial charge in [0, 0.05) is 11.8 Å². The van der Waals surface area contributed by atoms with E-state index in [1.165, 1.54) is 166 Å². The lowest BCUT2D eigenvalue weighted by Gasteiger charge is -2.58. The molecule has 6 heteroatoms. The number of ether oxygens (including phenoxy) is 6. The third-order valence-corrected chi connectivity index (χ3v) is 30.1. The Morgan fingerprint density at radius 1 is 0.410 bits per heavy atom. The van der Waals surface area contributed by atoms with E-state index in [1.807, 2.05) is 5.57 Å². The molecule has 7 fully saturated rings. The first-order chi connectivity index (χ1) is 58.7. The Morgan fingerprint density at radius 3 is 1.34 bits per heavy atom. The monoisotopic (exact) mass is 1650 g/mol. The van der Waals surface area contributed by atoms with Crippen molar-refractivity contribution < 1.29 is 28.4 Å². The van der Waals surface area contributed by atoms with Gasteiger partial charge >= 0.3 is 0 Å². The molecule has 3 saturated carbocycles. The van der Waals surface area contributed by atoms with E-state index in [9.17, 15) is 0 Å². The second-order valence-corrected chi connectivity index (χ2v) is 39.8. The predicted octanol–water partition coefficient (Wildman–Crippen LogP) is 31.8. The van der Waals surface area contributed by atoms with Gasteiger partial charge in [0.25, 0.3) is 0 Å². The number of allylic oxidation sites excluding steroid dienone is 2. The average Bonchev–Trinajstić information content (AvgIpc) is 1.45. The summed E-state index contributed by atoms with van der Waals surface area (Å²) in [5.74, 6) is 11.2. The van der Waals surface area contributed by atoms with Gasteiger partial charge in [-0.3, -0.25) is 0 Å². The first-order valence-electron chi connectivity index (χ1n) is 48.3. The average molecular weight is 1650 g/mol. The third-order valence-electron chi connectivity index (χ3n) is 30.1. The van der Waals surface area contributed by atoms with Crippen molar-refractivity contribution >= 4 is 21.5 Å². The molecule has 122 heavy (non-hydrogen) atoms. The first kappa shape index (κ1) is 97.2. The quantitative estimate of drug-likeness (QED) is 0.0847. The van der Waals surface area contributed by atoms with Crippen LogP contribution in [0.25, 0.3) is 32.7 Å². The van der Waals surface area contributed by atoms with Crippen LogP contribution in [0.5, 0.6) is 0 Å². The van der Waals surface area contributed by atoms with Crippen LogP contribution in [0.15, 0.2) is 224 Å². The number of aryl methyl sites for hydroxylation is 4. The summed E-state index contributed by atoms with van der Waals surface area (Å²) >= 11 is 0. The van der Waals surface area contributed by atoms with E-state index in [-0.39, 0.29) is 24.4 Å². The topological polar surface area (TPSA) is 55.4 Å². The highest BCUT2D eigenvalue weighted by Gasteiger charge is 2.59. The highest BCUT2D eigenvalue weighted by atomic mass is 16.8. The number of hydrogen-bond acceptors (Lipinski definition) is 6. The maximum Gasteiger partial charge on any atom is 0.147 e. The highest BCUT2D eigenvalue weighted by Crippen LogP contribution is 2.68. The number of fused-ring (bicyclic) bond motifs is 9. The third kappa shape index (κ3) is 25.7. The van der Waals surface area contributed by atoms with Crippen molar-refractivity contribution in [2.24, 2.45) is 70.0 Å². The minimum absolute atomic E-state index is 0.0486. The maximum atomic E-state index is 5.58. The lowest BCUT2D eigenvalue weighted by atomic mass is 9.46. The SMILES string of the molecule is CC(C)CCC[C@@H](C)[C@H]1CC[C@H]2[C@@H]3CC=C4C[C@@H](C)CC[C@]4(C)[C@H]3CC[C@]12C.CC(c1ccccc1)C(C)c1ccccc1.CC1COC2C(C)COC12.CCC(C)C.CCC(C)c1ccccc1.CCC1OCOC2C(CC)OCOC12.Cc1ccc(CC(C)c2ccc(C)cc2)cc1.Cc1ccc2ccccc2c1-c1c(C)ccc2ccccc12. The summed E-state index contributed by atoms with van der Waals surface area (Å²) < 4.78 is 33.2. The minimum atomic E-state index is 0.0486. The van der Waals surface area contributed by atoms with Crippen molar-refractivity contribution in [1.82, 2.24) is 0 Å². The highest BCUT2D eigenvalue weighted by molar-refractivity contribution is 6.07. The molecule has 0 N–H and O–H groups in total. The summed E-state index contributed by atoms with van der Waals surface area (Å²) in [6, 6.07) is 76.1. The van der Waals surface area contributed by atoms with Gasteiger partial charge in [-0.2, -0.15) is 0 Å². The zero-order valence-corrected chi connectivity index (χ0v) is 79.9. The van der Waals surface area contributed by atoms with Crippen LogP contribution < -0.4 is 0 Å². The van der Waals surface area contributed by atoms with Gasteiger partial charge < -0.3 is 28.4 Å². The second-order valence-electron chi connectivity index (χ2n) is 39.8. The van der Waals surface area contributed by atoms with Gasteiger partial charge in [0.2, 0.25) is 0 Å². The zero-order chi connectivity index (χ0) is 87.6. The van der Waals surface area contributed by atoms with Gasteiger partial charge in [0.15, 0.2) is 0 Å². The van der Waals surface area contributed by atoms with Crippen LogP contribution in [0.2, 0.25) is 0 Å². The Kier molecular flexibility index (Phi) is 37.9. The smallest absolute Gasteiger partial charge is 0.147 e. The van der Waals surface area contributed by atoms with Gasteiger partial charge in [-0.05, 0) is 258 Å². The molecule has 20 atom stereocenters. The van der Waals surface area contributed by atoms with Crippen molar-refractivity contribution in [3.05, 3.63) is 274 Å². The minimum Gasteiger partial charge on any atom is -0.375 e. The van der Waals surface area contributed by atoms with E-state index < -0.39 is 0 Å². The van der Waals surface area contributed by atoms with Crippen LogP contribution in [-0.2, 0) is 34.8 Å². The number of rotatable bonds is 17. The summed E-state index contributed by atoms with van der Waals surface area (Å²) in [6.45, 7) is 53.1. The molecular weight excluding hydrogens is 1490 g/mol. The van der Waals surface area contributed by atoms with Crippen molar-refractivity contribution in [2.45, 2.75) is 315 Å². The molecule has 8 aliphatic rings.